The van der Waals surface area contributed by atoms with Crippen molar-refractivity contribution in [2.24, 2.45) is 0 Å². The molecule has 0 spiro atoms. The Labute approximate surface area is 123 Å². The van der Waals surface area contributed by atoms with Gasteiger partial charge < -0.3 is 4.90 Å². The SMILES string of the molecule is CCC(CC)N(C)CCC(C#N)(NC)c1ccccc1. The Bertz CT molecular complexity index is 420. The van der Waals surface area contributed by atoms with Gasteiger partial charge in [0.1, 0.15) is 5.54 Å². The summed E-state index contributed by atoms with van der Waals surface area (Å²) in [5.74, 6) is 0. The van der Waals surface area contributed by atoms with Gasteiger partial charge in [-0.25, -0.2) is 0 Å². The molecule has 1 aromatic rings. The molecule has 110 valence electrons. The minimum absolute atomic E-state index is 0.596. The maximum atomic E-state index is 9.66. The fourth-order valence-corrected chi connectivity index (χ4v) is 2.75. The summed E-state index contributed by atoms with van der Waals surface area (Å²) < 4.78 is 0. The molecule has 0 fully saturated rings. The fraction of sp³-hybridized carbons (Fsp3) is 0.588. The van der Waals surface area contributed by atoms with E-state index in [1.807, 2.05) is 37.4 Å². The van der Waals surface area contributed by atoms with Crippen molar-refractivity contribution in [3.05, 3.63) is 35.9 Å². The van der Waals surface area contributed by atoms with Gasteiger partial charge in [-0.1, -0.05) is 44.2 Å². The molecular weight excluding hydrogens is 246 g/mol. The lowest BCUT2D eigenvalue weighted by Crippen LogP contribution is -2.43. The van der Waals surface area contributed by atoms with E-state index in [0.29, 0.717) is 6.04 Å². The maximum Gasteiger partial charge on any atom is 0.133 e. The van der Waals surface area contributed by atoms with Gasteiger partial charge in [0.05, 0.1) is 6.07 Å². The predicted octanol–water partition coefficient (Wildman–Crippen LogP) is 3.14. The number of rotatable bonds is 8. The molecule has 1 aromatic carbocycles. The third kappa shape index (κ3) is 3.82. The summed E-state index contributed by atoms with van der Waals surface area (Å²) in [6.45, 7) is 5.35. The van der Waals surface area contributed by atoms with E-state index >= 15 is 0 Å². The zero-order valence-corrected chi connectivity index (χ0v) is 13.2. The smallest absolute Gasteiger partial charge is 0.133 e. The molecule has 1 atom stereocenters. The van der Waals surface area contributed by atoms with Crippen molar-refractivity contribution in [1.29, 1.82) is 5.26 Å². The number of hydrogen-bond acceptors (Lipinski definition) is 3. The Kier molecular flexibility index (Phi) is 6.70. The summed E-state index contributed by atoms with van der Waals surface area (Å²) in [6, 6.07) is 13.1. The van der Waals surface area contributed by atoms with Crippen molar-refractivity contribution >= 4 is 0 Å². The average molecular weight is 273 g/mol. The fourth-order valence-electron chi connectivity index (χ4n) is 2.75. The third-order valence-electron chi connectivity index (χ3n) is 4.29. The van der Waals surface area contributed by atoms with E-state index in [1.165, 1.54) is 0 Å². The zero-order chi connectivity index (χ0) is 15.0. The van der Waals surface area contributed by atoms with Crippen LogP contribution in [0.25, 0.3) is 0 Å². The van der Waals surface area contributed by atoms with Gasteiger partial charge in [-0.2, -0.15) is 5.26 Å². The van der Waals surface area contributed by atoms with Crippen molar-refractivity contribution in [2.45, 2.75) is 44.7 Å². The topological polar surface area (TPSA) is 39.1 Å². The van der Waals surface area contributed by atoms with Crippen LogP contribution < -0.4 is 5.32 Å². The predicted molar refractivity (Wildman–Crippen MR) is 84.4 cm³/mol. The Hall–Kier alpha value is -1.37. The van der Waals surface area contributed by atoms with Crippen molar-refractivity contribution in [2.75, 3.05) is 20.6 Å². The molecule has 0 heterocycles. The van der Waals surface area contributed by atoms with Crippen LogP contribution >= 0.6 is 0 Å². The maximum absolute atomic E-state index is 9.66. The molecule has 0 saturated heterocycles. The molecule has 1 N–H and O–H groups in total. The number of benzene rings is 1. The van der Waals surface area contributed by atoms with E-state index in [0.717, 1.165) is 31.4 Å². The highest BCUT2D eigenvalue weighted by Gasteiger charge is 2.30. The molecule has 0 saturated carbocycles. The van der Waals surface area contributed by atoms with E-state index in [1.54, 1.807) is 0 Å². The molecule has 3 heteroatoms. The van der Waals surface area contributed by atoms with Crippen LogP contribution in [0.15, 0.2) is 30.3 Å². The molecule has 0 bridgehead atoms. The molecule has 1 unspecified atom stereocenters. The van der Waals surface area contributed by atoms with E-state index < -0.39 is 5.54 Å². The first-order valence-electron chi connectivity index (χ1n) is 7.49. The Balaban J connectivity index is 2.82. The van der Waals surface area contributed by atoms with Crippen LogP contribution in [0.4, 0.5) is 0 Å². The Morgan fingerprint density at radius 2 is 1.85 bits per heavy atom. The molecule has 1 rings (SSSR count). The lowest BCUT2D eigenvalue weighted by molar-refractivity contribution is 0.208. The molecule has 20 heavy (non-hydrogen) atoms. The van der Waals surface area contributed by atoms with Crippen LogP contribution in [-0.4, -0.2) is 31.6 Å². The van der Waals surface area contributed by atoms with E-state index in [2.05, 4.69) is 37.2 Å². The average Bonchev–Trinajstić information content (AvgIpc) is 2.51. The van der Waals surface area contributed by atoms with Gasteiger partial charge in [0.25, 0.3) is 0 Å². The summed E-state index contributed by atoms with van der Waals surface area (Å²) in [4.78, 5) is 2.37. The number of nitrogens with one attached hydrogen (secondary N) is 1. The lowest BCUT2D eigenvalue weighted by atomic mass is 9.88. The molecular formula is C17H27N3. The van der Waals surface area contributed by atoms with Crippen molar-refractivity contribution in [3.63, 3.8) is 0 Å². The minimum Gasteiger partial charge on any atom is -0.303 e. The molecule has 0 amide bonds. The van der Waals surface area contributed by atoms with Crippen LogP contribution in [0.1, 0.15) is 38.7 Å². The number of nitriles is 1. The second-order valence-electron chi connectivity index (χ2n) is 5.33. The van der Waals surface area contributed by atoms with Gasteiger partial charge in [0, 0.05) is 12.6 Å². The molecule has 0 aliphatic heterocycles. The summed E-state index contributed by atoms with van der Waals surface area (Å²) >= 11 is 0. The lowest BCUT2D eigenvalue weighted by Gasteiger charge is -2.32. The molecule has 3 nitrogen and oxygen atoms in total. The van der Waals surface area contributed by atoms with Gasteiger partial charge >= 0.3 is 0 Å². The van der Waals surface area contributed by atoms with Crippen LogP contribution in [0.5, 0.6) is 0 Å². The van der Waals surface area contributed by atoms with Gasteiger partial charge in [-0.05, 0) is 38.9 Å². The standard InChI is InChI=1S/C17H27N3/c1-5-16(6-2)20(4)13-12-17(14-18,19-3)15-10-8-7-9-11-15/h7-11,16,19H,5-6,12-13H2,1-4H3. The summed E-state index contributed by atoms with van der Waals surface area (Å²) in [6.07, 6.45) is 3.09. The summed E-state index contributed by atoms with van der Waals surface area (Å²) in [5, 5.41) is 12.9. The highest BCUT2D eigenvalue weighted by Crippen LogP contribution is 2.24. The Morgan fingerprint density at radius 3 is 2.30 bits per heavy atom. The first kappa shape index (κ1) is 16.7. The number of hydrogen-bond donors (Lipinski definition) is 1. The monoisotopic (exact) mass is 273 g/mol. The molecule has 0 aliphatic rings. The zero-order valence-electron chi connectivity index (χ0n) is 13.2. The van der Waals surface area contributed by atoms with E-state index in [4.69, 9.17) is 0 Å². The van der Waals surface area contributed by atoms with Crippen molar-refractivity contribution in [3.8, 4) is 6.07 Å². The molecule has 0 radical (unpaired) electrons. The highest BCUT2D eigenvalue weighted by atomic mass is 15.1. The van der Waals surface area contributed by atoms with E-state index in [9.17, 15) is 5.26 Å². The molecule has 0 aliphatic carbocycles. The first-order chi connectivity index (χ1) is 9.63. The largest absolute Gasteiger partial charge is 0.303 e. The van der Waals surface area contributed by atoms with Crippen molar-refractivity contribution < 1.29 is 0 Å². The quantitative estimate of drug-likeness (QED) is 0.791. The van der Waals surface area contributed by atoms with Gasteiger partial charge in [-0.15, -0.1) is 0 Å². The summed E-state index contributed by atoms with van der Waals surface area (Å²) in [7, 11) is 4.02. The normalized spacial score (nSPS) is 14.2. The van der Waals surface area contributed by atoms with Gasteiger partial charge in [-0.3, -0.25) is 5.32 Å². The number of nitrogens with zero attached hydrogens (tertiary/aromatic N) is 2. The minimum atomic E-state index is -0.596. The Morgan fingerprint density at radius 1 is 1.25 bits per heavy atom. The second-order valence-corrected chi connectivity index (χ2v) is 5.33. The summed E-state index contributed by atoms with van der Waals surface area (Å²) in [5.41, 5.74) is 0.449. The van der Waals surface area contributed by atoms with Gasteiger partial charge in [0.15, 0.2) is 0 Å². The van der Waals surface area contributed by atoms with Crippen molar-refractivity contribution in [1.82, 2.24) is 10.2 Å². The second kappa shape index (κ2) is 8.04. The van der Waals surface area contributed by atoms with Gasteiger partial charge in [0.2, 0.25) is 0 Å². The van der Waals surface area contributed by atoms with Crippen LogP contribution in [0.3, 0.4) is 0 Å². The first-order valence-corrected chi connectivity index (χ1v) is 7.49. The molecule has 0 aromatic heterocycles. The third-order valence-corrected chi connectivity index (χ3v) is 4.29. The van der Waals surface area contributed by atoms with Crippen LogP contribution in [-0.2, 0) is 5.54 Å². The van der Waals surface area contributed by atoms with Crippen LogP contribution in [0, 0.1) is 11.3 Å². The van der Waals surface area contributed by atoms with Crippen LogP contribution in [0.2, 0.25) is 0 Å². The van der Waals surface area contributed by atoms with E-state index in [-0.39, 0.29) is 0 Å². The highest BCUT2D eigenvalue weighted by molar-refractivity contribution is 5.31.